The summed E-state index contributed by atoms with van der Waals surface area (Å²) in [7, 11) is 0. The number of benzene rings is 1. The molecule has 1 aromatic heterocycles. The molecule has 0 amide bonds. The summed E-state index contributed by atoms with van der Waals surface area (Å²) in [5, 5.41) is 0. The zero-order valence-electron chi connectivity index (χ0n) is 10.4. The molecule has 0 saturated heterocycles. The minimum atomic E-state index is 0.275. The van der Waals surface area contributed by atoms with Gasteiger partial charge in [0.25, 0.3) is 0 Å². The average Bonchev–Trinajstić information content (AvgIpc) is 2.81. The van der Waals surface area contributed by atoms with Crippen LogP contribution in [0.1, 0.15) is 42.0 Å². The molecule has 0 radical (unpaired) electrons. The van der Waals surface area contributed by atoms with Gasteiger partial charge in [-0.3, -0.25) is 0 Å². The standard InChI is InChI=1S/C14H16N4/c1-2-12-16-13(18-14(15)17-12)11-8-7-9-5-3-4-6-10(9)11/h3-6,11H,2,7-8H2,1H3,(H2,15,16,17,18). The molecule has 4 heteroatoms. The van der Waals surface area contributed by atoms with Crippen LogP contribution >= 0.6 is 0 Å². The van der Waals surface area contributed by atoms with Crippen LogP contribution in [0.3, 0.4) is 0 Å². The van der Waals surface area contributed by atoms with Crippen LogP contribution < -0.4 is 5.73 Å². The van der Waals surface area contributed by atoms with Gasteiger partial charge in [0, 0.05) is 12.3 Å². The van der Waals surface area contributed by atoms with E-state index in [0.29, 0.717) is 5.95 Å². The Balaban J connectivity index is 2.04. The molecular formula is C14H16N4. The highest BCUT2D eigenvalue weighted by Crippen LogP contribution is 2.36. The Morgan fingerprint density at radius 1 is 1.22 bits per heavy atom. The maximum absolute atomic E-state index is 5.76. The summed E-state index contributed by atoms with van der Waals surface area (Å²) in [4.78, 5) is 13.0. The minimum Gasteiger partial charge on any atom is -0.368 e. The molecule has 0 aliphatic heterocycles. The van der Waals surface area contributed by atoms with Crippen LogP contribution in [0.25, 0.3) is 0 Å². The van der Waals surface area contributed by atoms with Crippen molar-refractivity contribution in [3.8, 4) is 0 Å². The summed E-state index contributed by atoms with van der Waals surface area (Å²) >= 11 is 0. The molecule has 18 heavy (non-hydrogen) atoms. The highest BCUT2D eigenvalue weighted by atomic mass is 15.1. The van der Waals surface area contributed by atoms with E-state index >= 15 is 0 Å². The molecule has 2 aromatic rings. The molecule has 0 saturated carbocycles. The van der Waals surface area contributed by atoms with Crippen molar-refractivity contribution in [1.82, 2.24) is 15.0 Å². The second-order valence-corrected chi connectivity index (χ2v) is 4.61. The molecular weight excluding hydrogens is 224 g/mol. The highest BCUT2D eigenvalue weighted by molar-refractivity contribution is 5.39. The summed E-state index contributed by atoms with van der Waals surface area (Å²) in [5.41, 5.74) is 8.50. The lowest BCUT2D eigenvalue weighted by Crippen LogP contribution is -2.10. The van der Waals surface area contributed by atoms with Gasteiger partial charge in [-0.05, 0) is 24.0 Å². The van der Waals surface area contributed by atoms with E-state index in [1.165, 1.54) is 11.1 Å². The largest absolute Gasteiger partial charge is 0.368 e. The Morgan fingerprint density at radius 2 is 2.06 bits per heavy atom. The first kappa shape index (κ1) is 11.1. The van der Waals surface area contributed by atoms with Gasteiger partial charge in [-0.2, -0.15) is 9.97 Å². The van der Waals surface area contributed by atoms with Gasteiger partial charge in [-0.25, -0.2) is 4.98 Å². The SMILES string of the molecule is CCc1nc(N)nc(C2CCc3ccccc32)n1. The summed E-state index contributed by atoms with van der Waals surface area (Å²) in [6, 6.07) is 8.50. The number of fused-ring (bicyclic) bond motifs is 1. The topological polar surface area (TPSA) is 64.7 Å². The third-order valence-corrected chi connectivity index (χ3v) is 3.48. The lowest BCUT2D eigenvalue weighted by atomic mass is 10.0. The third kappa shape index (κ3) is 1.83. The van der Waals surface area contributed by atoms with E-state index in [4.69, 9.17) is 5.73 Å². The van der Waals surface area contributed by atoms with Gasteiger partial charge in [-0.15, -0.1) is 0 Å². The van der Waals surface area contributed by atoms with E-state index in [2.05, 4.69) is 39.2 Å². The van der Waals surface area contributed by atoms with Crippen LogP contribution in [0.15, 0.2) is 24.3 Å². The molecule has 0 fully saturated rings. The lowest BCUT2D eigenvalue weighted by Gasteiger charge is -2.11. The Labute approximate surface area is 106 Å². The van der Waals surface area contributed by atoms with Crippen molar-refractivity contribution >= 4 is 5.95 Å². The van der Waals surface area contributed by atoms with Gasteiger partial charge in [0.1, 0.15) is 11.6 Å². The average molecular weight is 240 g/mol. The van der Waals surface area contributed by atoms with Crippen LogP contribution in [-0.2, 0) is 12.8 Å². The van der Waals surface area contributed by atoms with Crippen molar-refractivity contribution in [3.63, 3.8) is 0 Å². The first-order valence-electron chi connectivity index (χ1n) is 6.36. The summed E-state index contributed by atoms with van der Waals surface area (Å²) in [6.45, 7) is 2.03. The zero-order chi connectivity index (χ0) is 12.5. The van der Waals surface area contributed by atoms with Gasteiger partial charge in [0.2, 0.25) is 5.95 Å². The third-order valence-electron chi connectivity index (χ3n) is 3.48. The Hall–Kier alpha value is -1.97. The first-order valence-corrected chi connectivity index (χ1v) is 6.36. The van der Waals surface area contributed by atoms with E-state index in [0.717, 1.165) is 30.9 Å². The van der Waals surface area contributed by atoms with E-state index in [-0.39, 0.29) is 5.92 Å². The summed E-state index contributed by atoms with van der Waals surface area (Å²) in [5.74, 6) is 2.21. The Kier molecular flexibility index (Phi) is 2.70. The predicted octanol–water partition coefficient (Wildman–Crippen LogP) is 2.09. The number of anilines is 1. The summed E-state index contributed by atoms with van der Waals surface area (Å²) < 4.78 is 0. The predicted molar refractivity (Wildman–Crippen MR) is 70.2 cm³/mol. The molecule has 1 heterocycles. The lowest BCUT2D eigenvalue weighted by molar-refractivity contribution is 0.707. The fourth-order valence-electron chi connectivity index (χ4n) is 2.60. The van der Waals surface area contributed by atoms with E-state index < -0.39 is 0 Å². The highest BCUT2D eigenvalue weighted by Gasteiger charge is 2.26. The number of hydrogen-bond donors (Lipinski definition) is 1. The molecule has 1 aromatic carbocycles. The number of nitrogens with two attached hydrogens (primary N) is 1. The van der Waals surface area contributed by atoms with Crippen LogP contribution in [0, 0.1) is 0 Å². The Bertz CT molecular complexity index is 580. The van der Waals surface area contributed by atoms with Crippen molar-refractivity contribution in [2.24, 2.45) is 0 Å². The number of rotatable bonds is 2. The molecule has 1 unspecified atom stereocenters. The van der Waals surface area contributed by atoms with Crippen LogP contribution in [0.2, 0.25) is 0 Å². The van der Waals surface area contributed by atoms with Crippen molar-refractivity contribution in [1.29, 1.82) is 0 Å². The molecule has 0 spiro atoms. The van der Waals surface area contributed by atoms with E-state index in [1.807, 2.05) is 6.92 Å². The second-order valence-electron chi connectivity index (χ2n) is 4.61. The maximum atomic E-state index is 5.76. The maximum Gasteiger partial charge on any atom is 0.223 e. The van der Waals surface area contributed by atoms with Crippen LogP contribution in [0.4, 0.5) is 5.95 Å². The summed E-state index contributed by atoms with van der Waals surface area (Å²) in [6.07, 6.45) is 2.94. The molecule has 1 aliphatic rings. The molecule has 0 bridgehead atoms. The molecule has 1 aliphatic carbocycles. The van der Waals surface area contributed by atoms with Gasteiger partial charge >= 0.3 is 0 Å². The van der Waals surface area contributed by atoms with Crippen LogP contribution in [-0.4, -0.2) is 15.0 Å². The Morgan fingerprint density at radius 3 is 2.89 bits per heavy atom. The number of hydrogen-bond acceptors (Lipinski definition) is 4. The number of nitrogen functional groups attached to an aromatic ring is 1. The van der Waals surface area contributed by atoms with Crippen molar-refractivity contribution in [2.75, 3.05) is 5.73 Å². The molecule has 92 valence electrons. The van der Waals surface area contributed by atoms with Gasteiger partial charge in [-0.1, -0.05) is 31.2 Å². The smallest absolute Gasteiger partial charge is 0.223 e. The van der Waals surface area contributed by atoms with Crippen molar-refractivity contribution in [2.45, 2.75) is 32.1 Å². The zero-order valence-corrected chi connectivity index (χ0v) is 10.4. The monoisotopic (exact) mass is 240 g/mol. The normalized spacial score (nSPS) is 17.7. The fraction of sp³-hybridized carbons (Fsp3) is 0.357. The van der Waals surface area contributed by atoms with Crippen LogP contribution in [0.5, 0.6) is 0 Å². The molecule has 1 atom stereocenters. The van der Waals surface area contributed by atoms with Gasteiger partial charge in [0.15, 0.2) is 0 Å². The number of aryl methyl sites for hydroxylation is 2. The molecule has 4 nitrogen and oxygen atoms in total. The first-order chi connectivity index (χ1) is 8.78. The fourth-order valence-corrected chi connectivity index (χ4v) is 2.60. The van der Waals surface area contributed by atoms with Gasteiger partial charge in [0.05, 0.1) is 0 Å². The molecule has 3 rings (SSSR count). The van der Waals surface area contributed by atoms with E-state index in [1.54, 1.807) is 0 Å². The van der Waals surface area contributed by atoms with E-state index in [9.17, 15) is 0 Å². The van der Waals surface area contributed by atoms with Gasteiger partial charge < -0.3 is 5.73 Å². The molecule has 2 N–H and O–H groups in total. The number of nitrogens with zero attached hydrogens (tertiary/aromatic N) is 3. The van der Waals surface area contributed by atoms with Crippen molar-refractivity contribution in [3.05, 3.63) is 47.0 Å². The number of aromatic nitrogens is 3. The second kappa shape index (κ2) is 4.37. The van der Waals surface area contributed by atoms with Crippen molar-refractivity contribution < 1.29 is 0 Å². The quantitative estimate of drug-likeness (QED) is 0.873. The minimum absolute atomic E-state index is 0.275.